The van der Waals surface area contributed by atoms with Crippen LogP contribution in [0.1, 0.15) is 17.2 Å². The molecule has 3 heteroatoms. The highest BCUT2D eigenvalue weighted by atomic mass is 127. The summed E-state index contributed by atoms with van der Waals surface area (Å²) in [5.41, 5.74) is 2.54. The lowest BCUT2D eigenvalue weighted by Gasteiger charge is -2.18. The minimum atomic E-state index is 0.135. The van der Waals surface area contributed by atoms with Gasteiger partial charge in [0.1, 0.15) is 12.4 Å². The second kappa shape index (κ2) is 8.27. The van der Waals surface area contributed by atoms with Gasteiger partial charge in [0.15, 0.2) is 0 Å². The minimum Gasteiger partial charge on any atom is -0.491 e. The smallest absolute Gasteiger partial charge is 0.119 e. The van der Waals surface area contributed by atoms with Crippen LogP contribution in [-0.2, 0) is 4.74 Å². The monoisotopic (exact) mass is 382 g/mol. The van der Waals surface area contributed by atoms with Crippen LogP contribution in [0.5, 0.6) is 5.75 Å². The second-order valence-corrected chi connectivity index (χ2v) is 5.41. The number of hydrogen-bond acceptors (Lipinski definition) is 2. The van der Waals surface area contributed by atoms with Crippen LogP contribution in [0.15, 0.2) is 54.6 Å². The van der Waals surface area contributed by atoms with Gasteiger partial charge in [-0.15, -0.1) is 0 Å². The zero-order valence-corrected chi connectivity index (χ0v) is 13.7. The Morgan fingerprint density at radius 1 is 0.950 bits per heavy atom. The van der Waals surface area contributed by atoms with E-state index in [0.29, 0.717) is 13.2 Å². The molecular weight excluding hydrogens is 363 g/mol. The van der Waals surface area contributed by atoms with E-state index in [2.05, 4.69) is 53.8 Å². The Kier molecular flexibility index (Phi) is 6.33. The van der Waals surface area contributed by atoms with Crippen molar-refractivity contribution in [2.45, 2.75) is 13.0 Å². The molecule has 0 fully saturated rings. The summed E-state index contributed by atoms with van der Waals surface area (Å²) in [6, 6.07) is 18.2. The molecule has 2 aromatic rings. The molecule has 0 amide bonds. The van der Waals surface area contributed by atoms with Crippen molar-refractivity contribution >= 4 is 22.6 Å². The third-order valence-corrected chi connectivity index (χ3v) is 3.89. The van der Waals surface area contributed by atoms with Crippen molar-refractivity contribution < 1.29 is 9.47 Å². The Hall–Kier alpha value is -1.07. The zero-order chi connectivity index (χ0) is 14.2. The number of alkyl halides is 1. The van der Waals surface area contributed by atoms with Gasteiger partial charge in [-0.1, -0.05) is 65.1 Å². The summed E-state index contributed by atoms with van der Waals surface area (Å²) < 4.78 is 12.5. The summed E-state index contributed by atoms with van der Waals surface area (Å²) in [4.78, 5) is 0. The van der Waals surface area contributed by atoms with E-state index in [9.17, 15) is 0 Å². The second-order valence-electron chi connectivity index (χ2n) is 4.53. The van der Waals surface area contributed by atoms with Crippen LogP contribution in [0, 0.1) is 6.92 Å². The summed E-state index contributed by atoms with van der Waals surface area (Å²) in [7, 11) is 0. The number of rotatable bonds is 7. The SMILES string of the molecule is Cc1ccccc1C(CI)OCCOc1ccccc1. The third-order valence-electron chi connectivity index (χ3n) is 3.09. The summed E-state index contributed by atoms with van der Waals surface area (Å²) in [6.45, 7) is 3.29. The molecule has 0 N–H and O–H groups in total. The van der Waals surface area contributed by atoms with Gasteiger partial charge in [0, 0.05) is 4.43 Å². The Morgan fingerprint density at radius 3 is 2.35 bits per heavy atom. The molecule has 0 radical (unpaired) electrons. The van der Waals surface area contributed by atoms with Gasteiger partial charge in [0.25, 0.3) is 0 Å². The first-order valence-electron chi connectivity index (χ1n) is 6.72. The molecule has 0 aliphatic heterocycles. The average Bonchev–Trinajstić information content (AvgIpc) is 2.50. The van der Waals surface area contributed by atoms with E-state index in [4.69, 9.17) is 9.47 Å². The highest BCUT2D eigenvalue weighted by molar-refractivity contribution is 14.1. The first-order chi connectivity index (χ1) is 9.81. The van der Waals surface area contributed by atoms with Gasteiger partial charge in [0.2, 0.25) is 0 Å². The highest BCUT2D eigenvalue weighted by Gasteiger charge is 2.12. The van der Waals surface area contributed by atoms with Gasteiger partial charge >= 0.3 is 0 Å². The van der Waals surface area contributed by atoms with Crippen LogP contribution in [0.4, 0.5) is 0 Å². The molecule has 0 saturated carbocycles. The Labute approximate surface area is 134 Å². The minimum absolute atomic E-state index is 0.135. The fourth-order valence-corrected chi connectivity index (χ4v) is 2.76. The van der Waals surface area contributed by atoms with Crippen molar-refractivity contribution in [1.82, 2.24) is 0 Å². The Bertz CT molecular complexity index is 513. The zero-order valence-electron chi connectivity index (χ0n) is 11.6. The standard InChI is InChI=1S/C17H19IO2/c1-14-7-5-6-10-16(14)17(13-18)20-12-11-19-15-8-3-2-4-9-15/h2-10,17H,11-13H2,1H3. The maximum absolute atomic E-state index is 5.95. The van der Waals surface area contributed by atoms with Crippen LogP contribution in [-0.4, -0.2) is 17.6 Å². The molecule has 0 bridgehead atoms. The quantitative estimate of drug-likeness (QED) is 0.397. The molecule has 1 unspecified atom stereocenters. The van der Waals surface area contributed by atoms with E-state index in [1.807, 2.05) is 30.3 Å². The van der Waals surface area contributed by atoms with Crippen LogP contribution in [0.3, 0.4) is 0 Å². The maximum atomic E-state index is 5.95. The molecule has 0 aliphatic rings. The predicted molar refractivity (Wildman–Crippen MR) is 90.7 cm³/mol. The largest absolute Gasteiger partial charge is 0.491 e. The molecule has 0 spiro atoms. The van der Waals surface area contributed by atoms with Gasteiger partial charge in [-0.2, -0.15) is 0 Å². The normalized spacial score (nSPS) is 12.1. The summed E-state index contributed by atoms with van der Waals surface area (Å²) >= 11 is 2.37. The van der Waals surface area contributed by atoms with Gasteiger partial charge < -0.3 is 9.47 Å². The van der Waals surface area contributed by atoms with Crippen LogP contribution >= 0.6 is 22.6 Å². The molecule has 20 heavy (non-hydrogen) atoms. The molecule has 2 aromatic carbocycles. The molecule has 0 saturated heterocycles. The average molecular weight is 382 g/mol. The van der Waals surface area contributed by atoms with Crippen LogP contribution < -0.4 is 4.74 Å². The van der Waals surface area contributed by atoms with Gasteiger partial charge in [0.05, 0.1) is 12.7 Å². The van der Waals surface area contributed by atoms with E-state index < -0.39 is 0 Å². The Balaban J connectivity index is 1.81. The predicted octanol–water partition coefficient (Wildman–Crippen LogP) is 4.57. The molecule has 0 heterocycles. The first-order valence-corrected chi connectivity index (χ1v) is 8.24. The molecule has 2 rings (SSSR count). The number of hydrogen-bond donors (Lipinski definition) is 0. The van der Waals surface area contributed by atoms with E-state index in [1.165, 1.54) is 11.1 Å². The van der Waals surface area contributed by atoms with E-state index in [-0.39, 0.29) is 6.10 Å². The van der Waals surface area contributed by atoms with Crippen molar-refractivity contribution in [3.63, 3.8) is 0 Å². The van der Waals surface area contributed by atoms with E-state index >= 15 is 0 Å². The molecule has 1 atom stereocenters. The van der Waals surface area contributed by atoms with Crippen molar-refractivity contribution in [2.24, 2.45) is 0 Å². The molecule has 106 valence electrons. The summed E-state index contributed by atoms with van der Waals surface area (Å²) in [5, 5.41) is 0. The molecular formula is C17H19IO2. The highest BCUT2D eigenvalue weighted by Crippen LogP contribution is 2.23. The molecule has 2 nitrogen and oxygen atoms in total. The lowest BCUT2D eigenvalue weighted by atomic mass is 10.0. The number of ether oxygens (including phenoxy) is 2. The van der Waals surface area contributed by atoms with Gasteiger partial charge in [-0.05, 0) is 30.2 Å². The number of benzene rings is 2. The van der Waals surface area contributed by atoms with Crippen molar-refractivity contribution in [1.29, 1.82) is 0 Å². The summed E-state index contributed by atoms with van der Waals surface area (Å²) in [5.74, 6) is 0.887. The number of para-hydroxylation sites is 1. The van der Waals surface area contributed by atoms with E-state index in [1.54, 1.807) is 0 Å². The molecule has 0 aliphatic carbocycles. The van der Waals surface area contributed by atoms with E-state index in [0.717, 1.165) is 10.2 Å². The first kappa shape index (κ1) is 15.3. The summed E-state index contributed by atoms with van der Waals surface area (Å²) in [6.07, 6.45) is 0.135. The van der Waals surface area contributed by atoms with Crippen molar-refractivity contribution in [3.05, 3.63) is 65.7 Å². The van der Waals surface area contributed by atoms with Gasteiger partial charge in [-0.3, -0.25) is 0 Å². The lowest BCUT2D eigenvalue weighted by molar-refractivity contribution is 0.0480. The van der Waals surface area contributed by atoms with Crippen molar-refractivity contribution in [3.8, 4) is 5.75 Å². The van der Waals surface area contributed by atoms with Gasteiger partial charge in [-0.25, -0.2) is 0 Å². The Morgan fingerprint density at radius 2 is 1.65 bits per heavy atom. The lowest BCUT2D eigenvalue weighted by Crippen LogP contribution is -2.13. The molecule has 0 aromatic heterocycles. The fraction of sp³-hybridized carbons (Fsp3) is 0.294. The van der Waals surface area contributed by atoms with Crippen LogP contribution in [0.25, 0.3) is 0 Å². The topological polar surface area (TPSA) is 18.5 Å². The maximum Gasteiger partial charge on any atom is 0.119 e. The van der Waals surface area contributed by atoms with Crippen LogP contribution in [0.2, 0.25) is 0 Å². The number of halogens is 1. The number of aryl methyl sites for hydroxylation is 1. The third kappa shape index (κ3) is 4.49. The fourth-order valence-electron chi connectivity index (χ4n) is 2.03. The van der Waals surface area contributed by atoms with Crippen molar-refractivity contribution in [2.75, 3.05) is 17.6 Å².